The van der Waals surface area contributed by atoms with Crippen LogP contribution in [0.4, 0.5) is 0 Å². The van der Waals surface area contributed by atoms with Gasteiger partial charge in [-0.3, -0.25) is 4.79 Å². The fourth-order valence-corrected chi connectivity index (χ4v) is 1.21. The van der Waals surface area contributed by atoms with Gasteiger partial charge in [0.05, 0.1) is 6.54 Å². The molecule has 0 aliphatic heterocycles. The molecular weight excluding hydrogens is 224 g/mol. The number of carbonyl (C=O) groups excluding carboxylic acids is 1. The third-order valence-corrected chi connectivity index (χ3v) is 2.20. The van der Waals surface area contributed by atoms with Crippen LogP contribution in [0.3, 0.4) is 0 Å². The maximum atomic E-state index is 11.5. The first-order chi connectivity index (χ1) is 8.02. The van der Waals surface area contributed by atoms with Crippen molar-refractivity contribution in [1.29, 1.82) is 0 Å². The Labute approximate surface area is 98.1 Å². The zero-order valence-electron chi connectivity index (χ0n) is 9.04. The summed E-state index contributed by atoms with van der Waals surface area (Å²) in [4.78, 5) is 21.8. The van der Waals surface area contributed by atoms with Crippen molar-refractivity contribution >= 4 is 11.9 Å². The zero-order valence-corrected chi connectivity index (χ0v) is 9.04. The number of hydrogen-bond donors (Lipinski definition) is 4. The van der Waals surface area contributed by atoms with Crippen molar-refractivity contribution in [3.8, 4) is 0 Å². The third kappa shape index (κ3) is 3.86. The van der Waals surface area contributed by atoms with Crippen molar-refractivity contribution in [1.82, 2.24) is 5.32 Å². The summed E-state index contributed by atoms with van der Waals surface area (Å²) < 4.78 is 0. The number of carboxylic acids is 1. The molecule has 1 amide bonds. The molecule has 6 heteroatoms. The van der Waals surface area contributed by atoms with Gasteiger partial charge in [-0.1, -0.05) is 30.3 Å². The number of aliphatic hydroxyl groups is 1. The quantitative estimate of drug-likeness (QED) is 0.539. The van der Waals surface area contributed by atoms with Crippen LogP contribution in [0.5, 0.6) is 0 Å². The number of nitrogens with one attached hydrogen (secondary N) is 1. The average molecular weight is 238 g/mol. The van der Waals surface area contributed by atoms with Crippen LogP contribution in [0.2, 0.25) is 0 Å². The van der Waals surface area contributed by atoms with E-state index in [1.807, 2.05) is 0 Å². The largest absolute Gasteiger partial charge is 0.479 e. The van der Waals surface area contributed by atoms with Gasteiger partial charge in [-0.05, 0) is 5.56 Å². The molecule has 6 nitrogen and oxygen atoms in total. The second-order valence-electron chi connectivity index (χ2n) is 3.49. The van der Waals surface area contributed by atoms with E-state index in [1.165, 1.54) is 0 Å². The molecule has 0 aliphatic rings. The van der Waals surface area contributed by atoms with Crippen molar-refractivity contribution in [2.24, 2.45) is 5.73 Å². The molecule has 1 aromatic rings. The predicted octanol–water partition coefficient (Wildman–Crippen LogP) is -0.752. The van der Waals surface area contributed by atoms with Gasteiger partial charge in [-0.15, -0.1) is 0 Å². The molecule has 1 aromatic carbocycles. The minimum Gasteiger partial charge on any atom is -0.479 e. The Bertz CT molecular complexity index is 394. The van der Waals surface area contributed by atoms with Gasteiger partial charge in [-0.2, -0.15) is 0 Å². The molecule has 0 saturated carbocycles. The molecule has 0 saturated heterocycles. The standard InChI is InChI=1S/C11H14N2O4/c12-9(7-4-2-1-3-5-7)10(15)13-6-8(14)11(16)17/h1-5,8-9,14H,6,12H2,(H,13,15)(H,16,17). The molecular formula is C11H14N2O4. The topological polar surface area (TPSA) is 113 Å². The highest BCUT2D eigenvalue weighted by atomic mass is 16.4. The van der Waals surface area contributed by atoms with Crippen LogP contribution in [0.1, 0.15) is 11.6 Å². The molecule has 0 aliphatic carbocycles. The highest BCUT2D eigenvalue weighted by Crippen LogP contribution is 2.08. The van der Waals surface area contributed by atoms with Crippen LogP contribution >= 0.6 is 0 Å². The van der Waals surface area contributed by atoms with Crippen molar-refractivity contribution in [3.63, 3.8) is 0 Å². The summed E-state index contributed by atoms with van der Waals surface area (Å²) in [5.41, 5.74) is 6.28. The van der Waals surface area contributed by atoms with E-state index in [1.54, 1.807) is 30.3 Å². The molecule has 2 atom stereocenters. The minimum absolute atomic E-state index is 0.366. The van der Waals surface area contributed by atoms with Gasteiger partial charge in [0.15, 0.2) is 6.10 Å². The van der Waals surface area contributed by atoms with E-state index >= 15 is 0 Å². The minimum atomic E-state index is -1.62. The van der Waals surface area contributed by atoms with E-state index in [4.69, 9.17) is 15.9 Å². The predicted molar refractivity (Wildman–Crippen MR) is 60.0 cm³/mol. The summed E-state index contributed by atoms with van der Waals surface area (Å²) in [7, 11) is 0. The van der Waals surface area contributed by atoms with Crippen LogP contribution < -0.4 is 11.1 Å². The van der Waals surface area contributed by atoms with Crippen LogP contribution in [0.15, 0.2) is 30.3 Å². The second-order valence-corrected chi connectivity index (χ2v) is 3.49. The number of carboxylic acid groups (broad SMARTS) is 1. The van der Waals surface area contributed by atoms with Crippen molar-refractivity contribution in [3.05, 3.63) is 35.9 Å². The molecule has 5 N–H and O–H groups in total. The summed E-state index contributed by atoms with van der Waals surface area (Å²) in [5.74, 6) is -1.92. The maximum absolute atomic E-state index is 11.5. The van der Waals surface area contributed by atoms with Gasteiger partial charge in [0.1, 0.15) is 6.04 Å². The second kappa shape index (κ2) is 5.97. The lowest BCUT2D eigenvalue weighted by Crippen LogP contribution is -2.40. The number of amides is 1. The monoisotopic (exact) mass is 238 g/mol. The van der Waals surface area contributed by atoms with Crippen LogP contribution in [0.25, 0.3) is 0 Å². The number of hydrogen-bond acceptors (Lipinski definition) is 4. The Morgan fingerprint density at radius 2 is 1.88 bits per heavy atom. The number of aliphatic carboxylic acids is 1. The first-order valence-electron chi connectivity index (χ1n) is 5.01. The Morgan fingerprint density at radius 1 is 1.29 bits per heavy atom. The van der Waals surface area contributed by atoms with Gasteiger partial charge in [0, 0.05) is 0 Å². The molecule has 2 unspecified atom stereocenters. The average Bonchev–Trinajstić information content (AvgIpc) is 2.35. The van der Waals surface area contributed by atoms with Gasteiger partial charge in [-0.25, -0.2) is 4.79 Å². The summed E-state index contributed by atoms with van der Waals surface area (Å²) in [6, 6.07) is 7.79. The van der Waals surface area contributed by atoms with E-state index in [-0.39, 0.29) is 6.54 Å². The highest BCUT2D eigenvalue weighted by Gasteiger charge is 2.18. The van der Waals surface area contributed by atoms with Gasteiger partial charge >= 0.3 is 5.97 Å². The lowest BCUT2D eigenvalue weighted by molar-refractivity contribution is -0.146. The molecule has 0 bridgehead atoms. The van der Waals surface area contributed by atoms with E-state index in [2.05, 4.69) is 5.32 Å². The molecule has 0 heterocycles. The van der Waals surface area contributed by atoms with Crippen molar-refractivity contribution < 1.29 is 19.8 Å². The van der Waals surface area contributed by atoms with Crippen molar-refractivity contribution in [2.45, 2.75) is 12.1 Å². The molecule has 0 radical (unpaired) electrons. The van der Waals surface area contributed by atoms with Gasteiger partial charge < -0.3 is 21.3 Å². The van der Waals surface area contributed by atoms with E-state index < -0.39 is 24.0 Å². The number of benzene rings is 1. The third-order valence-electron chi connectivity index (χ3n) is 2.20. The van der Waals surface area contributed by atoms with Crippen molar-refractivity contribution in [2.75, 3.05) is 6.54 Å². The fraction of sp³-hybridized carbons (Fsp3) is 0.273. The summed E-state index contributed by atoms with van der Waals surface area (Å²) in [6.07, 6.45) is -1.62. The fourth-order valence-electron chi connectivity index (χ4n) is 1.21. The number of aliphatic hydroxyl groups excluding tert-OH is 1. The van der Waals surface area contributed by atoms with E-state index in [0.717, 1.165) is 0 Å². The van der Waals surface area contributed by atoms with Crippen LogP contribution in [0, 0.1) is 0 Å². The van der Waals surface area contributed by atoms with Crippen LogP contribution in [-0.4, -0.2) is 34.7 Å². The molecule has 1 rings (SSSR count). The first kappa shape index (κ1) is 13.1. The summed E-state index contributed by atoms with van der Waals surface area (Å²) in [6.45, 7) is -0.366. The van der Waals surface area contributed by atoms with Gasteiger partial charge in [0.2, 0.25) is 5.91 Å². The Morgan fingerprint density at radius 3 is 2.41 bits per heavy atom. The molecule has 0 fully saturated rings. The van der Waals surface area contributed by atoms with E-state index in [9.17, 15) is 9.59 Å². The smallest absolute Gasteiger partial charge is 0.334 e. The Kier molecular flexibility index (Phi) is 4.62. The SMILES string of the molecule is NC(C(=O)NCC(O)C(=O)O)c1ccccc1. The number of carbonyl (C=O) groups is 2. The summed E-state index contributed by atoms with van der Waals surface area (Å²) >= 11 is 0. The molecule has 0 aromatic heterocycles. The van der Waals surface area contributed by atoms with Crippen LogP contribution in [-0.2, 0) is 9.59 Å². The lowest BCUT2D eigenvalue weighted by Gasteiger charge is -2.13. The van der Waals surface area contributed by atoms with E-state index in [0.29, 0.717) is 5.56 Å². The maximum Gasteiger partial charge on any atom is 0.334 e. The Balaban J connectivity index is 2.51. The first-order valence-corrected chi connectivity index (χ1v) is 5.01. The number of nitrogens with two attached hydrogens (primary N) is 1. The zero-order chi connectivity index (χ0) is 12.8. The summed E-state index contributed by atoms with van der Waals surface area (Å²) in [5, 5.41) is 19.7. The molecule has 0 spiro atoms. The van der Waals surface area contributed by atoms with Gasteiger partial charge in [0.25, 0.3) is 0 Å². The molecule has 17 heavy (non-hydrogen) atoms. The highest BCUT2D eigenvalue weighted by molar-refractivity contribution is 5.83. The lowest BCUT2D eigenvalue weighted by atomic mass is 10.1. The number of rotatable bonds is 5. The Hall–Kier alpha value is -1.92. The normalized spacial score (nSPS) is 13.8. The molecule has 92 valence electrons.